The third-order valence-electron chi connectivity index (χ3n) is 2.21. The molecule has 72 valence electrons. The molecule has 1 aromatic rings. The topological polar surface area (TPSA) is 20.2 Å². The van der Waals surface area contributed by atoms with E-state index < -0.39 is 0 Å². The molecule has 0 aliphatic heterocycles. The number of aliphatic hydroxyl groups excluding tert-OH is 1. The van der Waals surface area contributed by atoms with Gasteiger partial charge in [-0.3, -0.25) is 0 Å². The highest BCUT2D eigenvalue weighted by molar-refractivity contribution is 5.15. The summed E-state index contributed by atoms with van der Waals surface area (Å²) in [6, 6.07) is 10.2. The molecule has 0 aliphatic carbocycles. The Kier molecular flexibility index (Phi) is 4.55. The van der Waals surface area contributed by atoms with Crippen LogP contribution in [0.5, 0.6) is 0 Å². The molecule has 0 fully saturated rings. The van der Waals surface area contributed by atoms with Gasteiger partial charge in [0.25, 0.3) is 0 Å². The molecular weight excluding hydrogens is 160 g/mol. The zero-order valence-corrected chi connectivity index (χ0v) is 8.24. The fourth-order valence-electron chi connectivity index (χ4n) is 1.43. The van der Waals surface area contributed by atoms with Crippen LogP contribution in [-0.2, 0) is 6.42 Å². The molecule has 0 radical (unpaired) electrons. The Morgan fingerprint density at radius 1 is 1.23 bits per heavy atom. The second kappa shape index (κ2) is 5.76. The van der Waals surface area contributed by atoms with Crippen molar-refractivity contribution in [2.75, 3.05) is 0 Å². The maximum Gasteiger partial charge on any atom is 0.0580 e. The number of hydrogen-bond donors (Lipinski definition) is 1. The number of hydrogen-bond acceptors (Lipinski definition) is 1. The molecule has 1 aromatic carbocycles. The summed E-state index contributed by atoms with van der Waals surface area (Å²) < 4.78 is 0. The van der Waals surface area contributed by atoms with Gasteiger partial charge in [-0.25, -0.2) is 0 Å². The van der Waals surface area contributed by atoms with Crippen LogP contribution in [0.4, 0.5) is 0 Å². The first-order valence-electron chi connectivity index (χ1n) is 5.05. The van der Waals surface area contributed by atoms with E-state index in [1.807, 2.05) is 18.2 Å². The molecule has 0 aromatic heterocycles. The SMILES string of the molecule is CCCCC(O)Cc1ccccc1. The van der Waals surface area contributed by atoms with Gasteiger partial charge in [-0.1, -0.05) is 50.1 Å². The Morgan fingerprint density at radius 3 is 2.54 bits per heavy atom. The minimum atomic E-state index is -0.164. The molecule has 1 N–H and O–H groups in total. The van der Waals surface area contributed by atoms with Crippen molar-refractivity contribution < 1.29 is 5.11 Å². The maximum atomic E-state index is 9.63. The van der Waals surface area contributed by atoms with Crippen LogP contribution in [0.3, 0.4) is 0 Å². The maximum absolute atomic E-state index is 9.63. The van der Waals surface area contributed by atoms with Gasteiger partial charge in [-0.15, -0.1) is 0 Å². The van der Waals surface area contributed by atoms with E-state index in [4.69, 9.17) is 0 Å². The van der Waals surface area contributed by atoms with Gasteiger partial charge in [0.2, 0.25) is 0 Å². The van der Waals surface area contributed by atoms with Crippen LogP contribution in [0, 0.1) is 0 Å². The zero-order chi connectivity index (χ0) is 9.52. The van der Waals surface area contributed by atoms with Gasteiger partial charge in [0.05, 0.1) is 6.10 Å². The van der Waals surface area contributed by atoms with Gasteiger partial charge in [0.1, 0.15) is 0 Å². The Bertz CT molecular complexity index is 218. The Hall–Kier alpha value is -0.820. The molecule has 0 amide bonds. The van der Waals surface area contributed by atoms with Crippen molar-refractivity contribution in [3.05, 3.63) is 35.9 Å². The standard InChI is InChI=1S/C12H18O/c1-2-3-9-12(13)10-11-7-5-4-6-8-11/h4-8,12-13H,2-3,9-10H2,1H3. The Morgan fingerprint density at radius 2 is 1.92 bits per heavy atom. The predicted octanol–water partition coefficient (Wildman–Crippen LogP) is 2.78. The van der Waals surface area contributed by atoms with Crippen molar-refractivity contribution in [2.45, 2.75) is 38.7 Å². The third kappa shape index (κ3) is 4.09. The number of unbranched alkanes of at least 4 members (excludes halogenated alkanes) is 1. The second-order valence-electron chi connectivity index (χ2n) is 3.49. The summed E-state index contributed by atoms with van der Waals surface area (Å²) in [5.41, 5.74) is 1.23. The average molecular weight is 178 g/mol. The highest BCUT2D eigenvalue weighted by atomic mass is 16.3. The van der Waals surface area contributed by atoms with Crippen molar-refractivity contribution in [3.63, 3.8) is 0 Å². The predicted molar refractivity (Wildman–Crippen MR) is 55.7 cm³/mol. The first kappa shape index (κ1) is 10.3. The average Bonchev–Trinajstić information content (AvgIpc) is 2.16. The molecule has 1 atom stereocenters. The summed E-state index contributed by atoms with van der Waals surface area (Å²) in [5.74, 6) is 0. The molecular formula is C12H18O. The van der Waals surface area contributed by atoms with Crippen LogP contribution in [0.2, 0.25) is 0 Å². The van der Waals surface area contributed by atoms with Crippen LogP contribution in [0.1, 0.15) is 31.7 Å². The van der Waals surface area contributed by atoms with E-state index in [0.29, 0.717) is 0 Å². The van der Waals surface area contributed by atoms with E-state index in [-0.39, 0.29) is 6.10 Å². The lowest BCUT2D eigenvalue weighted by atomic mass is 10.0. The van der Waals surface area contributed by atoms with Crippen LogP contribution in [0.15, 0.2) is 30.3 Å². The smallest absolute Gasteiger partial charge is 0.0580 e. The fraction of sp³-hybridized carbons (Fsp3) is 0.500. The quantitative estimate of drug-likeness (QED) is 0.735. The fourth-order valence-corrected chi connectivity index (χ4v) is 1.43. The normalized spacial score (nSPS) is 12.8. The van der Waals surface area contributed by atoms with E-state index >= 15 is 0 Å². The van der Waals surface area contributed by atoms with Crippen LogP contribution < -0.4 is 0 Å². The summed E-state index contributed by atoms with van der Waals surface area (Å²) in [7, 11) is 0. The molecule has 13 heavy (non-hydrogen) atoms. The lowest BCUT2D eigenvalue weighted by Gasteiger charge is -2.09. The van der Waals surface area contributed by atoms with Crippen molar-refractivity contribution in [2.24, 2.45) is 0 Å². The monoisotopic (exact) mass is 178 g/mol. The van der Waals surface area contributed by atoms with Crippen molar-refractivity contribution in [1.29, 1.82) is 0 Å². The molecule has 0 aliphatic rings. The summed E-state index contributed by atoms with van der Waals surface area (Å²) in [6.45, 7) is 2.15. The van der Waals surface area contributed by atoms with Crippen LogP contribution in [-0.4, -0.2) is 11.2 Å². The number of aliphatic hydroxyl groups is 1. The summed E-state index contributed by atoms with van der Waals surface area (Å²) >= 11 is 0. The van der Waals surface area contributed by atoms with Gasteiger partial charge in [0, 0.05) is 0 Å². The van der Waals surface area contributed by atoms with E-state index in [2.05, 4.69) is 19.1 Å². The highest BCUT2D eigenvalue weighted by Gasteiger charge is 2.03. The van der Waals surface area contributed by atoms with Gasteiger partial charge < -0.3 is 5.11 Å². The van der Waals surface area contributed by atoms with Crippen LogP contribution >= 0.6 is 0 Å². The zero-order valence-electron chi connectivity index (χ0n) is 8.24. The summed E-state index contributed by atoms with van der Waals surface area (Å²) in [5, 5.41) is 9.63. The Labute approximate surface area is 80.4 Å². The molecule has 1 rings (SSSR count). The minimum absolute atomic E-state index is 0.164. The molecule has 0 saturated carbocycles. The molecule has 1 heteroatoms. The van der Waals surface area contributed by atoms with Crippen molar-refractivity contribution in [3.8, 4) is 0 Å². The summed E-state index contributed by atoms with van der Waals surface area (Å²) in [4.78, 5) is 0. The molecule has 0 spiro atoms. The third-order valence-corrected chi connectivity index (χ3v) is 2.21. The molecule has 0 bridgehead atoms. The lowest BCUT2D eigenvalue weighted by Crippen LogP contribution is -2.09. The largest absolute Gasteiger partial charge is 0.393 e. The van der Waals surface area contributed by atoms with E-state index in [1.54, 1.807) is 0 Å². The van der Waals surface area contributed by atoms with Gasteiger partial charge in [0.15, 0.2) is 0 Å². The Balaban J connectivity index is 2.32. The summed E-state index contributed by atoms with van der Waals surface area (Å²) in [6.07, 6.45) is 3.83. The minimum Gasteiger partial charge on any atom is -0.393 e. The van der Waals surface area contributed by atoms with Crippen molar-refractivity contribution in [1.82, 2.24) is 0 Å². The molecule has 1 unspecified atom stereocenters. The van der Waals surface area contributed by atoms with Crippen LogP contribution in [0.25, 0.3) is 0 Å². The molecule has 0 heterocycles. The first-order chi connectivity index (χ1) is 6.33. The second-order valence-corrected chi connectivity index (χ2v) is 3.49. The van der Waals surface area contributed by atoms with Gasteiger partial charge >= 0.3 is 0 Å². The van der Waals surface area contributed by atoms with E-state index in [9.17, 15) is 5.11 Å². The number of rotatable bonds is 5. The van der Waals surface area contributed by atoms with Gasteiger partial charge in [-0.2, -0.15) is 0 Å². The molecule has 0 saturated heterocycles. The first-order valence-corrected chi connectivity index (χ1v) is 5.05. The van der Waals surface area contributed by atoms with E-state index in [0.717, 1.165) is 25.7 Å². The van der Waals surface area contributed by atoms with Crippen molar-refractivity contribution >= 4 is 0 Å². The molecule has 1 nitrogen and oxygen atoms in total. The lowest BCUT2D eigenvalue weighted by molar-refractivity contribution is 0.162. The highest BCUT2D eigenvalue weighted by Crippen LogP contribution is 2.08. The van der Waals surface area contributed by atoms with E-state index in [1.165, 1.54) is 5.56 Å². The number of benzene rings is 1. The van der Waals surface area contributed by atoms with Gasteiger partial charge in [-0.05, 0) is 18.4 Å².